The number of hydrogen-bond donors (Lipinski definition) is 1. The quantitative estimate of drug-likeness (QED) is 0.876. The minimum Gasteiger partial charge on any atom is -0.493 e. The number of hydrogen-bond acceptors (Lipinski definition) is 4. The van der Waals surface area contributed by atoms with Crippen molar-refractivity contribution < 1.29 is 14.6 Å². The monoisotopic (exact) mass is 319 g/mol. The van der Waals surface area contributed by atoms with Crippen LogP contribution in [0.1, 0.15) is 44.0 Å². The Kier molecular flexibility index (Phi) is 5.19. The van der Waals surface area contributed by atoms with E-state index in [-0.39, 0.29) is 0 Å². The molecule has 0 radical (unpaired) electrons. The lowest BCUT2D eigenvalue weighted by Crippen LogP contribution is -2.04. The van der Waals surface area contributed by atoms with Crippen LogP contribution in [0.4, 0.5) is 0 Å². The van der Waals surface area contributed by atoms with E-state index < -0.39 is 5.97 Å². The molecule has 0 saturated carbocycles. The van der Waals surface area contributed by atoms with Gasteiger partial charge < -0.3 is 9.84 Å². The van der Waals surface area contributed by atoms with Crippen LogP contribution in [-0.2, 0) is 12.8 Å². The minimum atomic E-state index is -0.897. The predicted molar refractivity (Wildman–Crippen MR) is 88.3 cm³/mol. The Morgan fingerprint density at radius 2 is 1.91 bits per heavy atom. The smallest absolute Gasteiger partial charge is 0.347 e. The third-order valence-corrected chi connectivity index (χ3v) is 4.58. The SMILES string of the molecule is CCc1nc(CCOc2c(C)cc(C)cc2C)sc1C(=O)O. The summed E-state index contributed by atoms with van der Waals surface area (Å²) >= 11 is 1.25. The second-order valence-corrected chi connectivity index (χ2v) is 6.45. The fourth-order valence-electron chi connectivity index (χ4n) is 2.55. The summed E-state index contributed by atoms with van der Waals surface area (Å²) in [4.78, 5) is 15.9. The van der Waals surface area contributed by atoms with Gasteiger partial charge in [-0.3, -0.25) is 0 Å². The van der Waals surface area contributed by atoms with Crippen LogP contribution in [0.3, 0.4) is 0 Å². The average molecular weight is 319 g/mol. The normalized spacial score (nSPS) is 10.7. The summed E-state index contributed by atoms with van der Waals surface area (Å²) in [7, 11) is 0. The zero-order valence-corrected chi connectivity index (χ0v) is 14.2. The van der Waals surface area contributed by atoms with Gasteiger partial charge in [-0.05, 0) is 38.3 Å². The van der Waals surface area contributed by atoms with Crippen LogP contribution in [0, 0.1) is 20.8 Å². The van der Waals surface area contributed by atoms with Gasteiger partial charge in [-0.25, -0.2) is 9.78 Å². The first kappa shape index (κ1) is 16.5. The number of benzene rings is 1. The third-order valence-electron chi connectivity index (χ3n) is 3.44. The lowest BCUT2D eigenvalue weighted by Gasteiger charge is -2.12. The summed E-state index contributed by atoms with van der Waals surface area (Å²) in [6.07, 6.45) is 1.26. The number of carboxylic acid groups (broad SMARTS) is 1. The summed E-state index contributed by atoms with van der Waals surface area (Å²) in [5.74, 6) is 0.0167. The van der Waals surface area contributed by atoms with E-state index in [9.17, 15) is 4.79 Å². The molecule has 0 saturated heterocycles. The molecule has 0 fully saturated rings. The van der Waals surface area contributed by atoms with E-state index in [0.717, 1.165) is 21.9 Å². The molecule has 0 unspecified atom stereocenters. The first-order chi connectivity index (χ1) is 10.4. The van der Waals surface area contributed by atoms with Gasteiger partial charge in [0.1, 0.15) is 10.6 Å². The molecule has 0 bridgehead atoms. The Balaban J connectivity index is 2.04. The van der Waals surface area contributed by atoms with Gasteiger partial charge in [-0.15, -0.1) is 11.3 Å². The van der Waals surface area contributed by atoms with Crippen molar-refractivity contribution in [2.45, 2.75) is 40.5 Å². The maximum atomic E-state index is 11.1. The molecule has 4 nitrogen and oxygen atoms in total. The number of aromatic carboxylic acids is 1. The van der Waals surface area contributed by atoms with Gasteiger partial charge in [-0.2, -0.15) is 0 Å². The fraction of sp³-hybridized carbons (Fsp3) is 0.412. The molecule has 22 heavy (non-hydrogen) atoms. The van der Waals surface area contributed by atoms with E-state index in [1.807, 2.05) is 20.8 Å². The third kappa shape index (κ3) is 3.65. The van der Waals surface area contributed by atoms with Gasteiger partial charge in [0.05, 0.1) is 17.3 Å². The highest BCUT2D eigenvalue weighted by molar-refractivity contribution is 7.13. The maximum absolute atomic E-state index is 11.1. The number of ether oxygens (including phenoxy) is 1. The van der Waals surface area contributed by atoms with Gasteiger partial charge in [-0.1, -0.05) is 24.6 Å². The van der Waals surface area contributed by atoms with Crippen molar-refractivity contribution in [2.75, 3.05) is 6.61 Å². The lowest BCUT2D eigenvalue weighted by atomic mass is 10.1. The molecule has 1 aromatic heterocycles. The Labute approximate surface area is 134 Å². The molecule has 118 valence electrons. The Hall–Kier alpha value is -1.88. The standard InChI is InChI=1S/C17H21NO3S/c1-5-13-16(17(19)20)22-14(18-13)6-7-21-15-11(3)8-10(2)9-12(15)4/h8-9H,5-7H2,1-4H3,(H,19,20). The van der Waals surface area contributed by atoms with E-state index >= 15 is 0 Å². The summed E-state index contributed by atoms with van der Waals surface area (Å²) in [5.41, 5.74) is 4.13. The van der Waals surface area contributed by atoms with Gasteiger partial charge in [0.15, 0.2) is 0 Å². The van der Waals surface area contributed by atoms with Crippen LogP contribution in [0.5, 0.6) is 5.75 Å². The highest BCUT2D eigenvalue weighted by Gasteiger charge is 2.16. The van der Waals surface area contributed by atoms with Crippen molar-refractivity contribution in [3.05, 3.63) is 44.4 Å². The highest BCUT2D eigenvalue weighted by Crippen LogP contribution is 2.25. The Morgan fingerprint density at radius 3 is 2.41 bits per heavy atom. The van der Waals surface area contributed by atoms with Crippen LogP contribution in [0.15, 0.2) is 12.1 Å². The molecule has 5 heteroatoms. The van der Waals surface area contributed by atoms with E-state index in [1.54, 1.807) is 0 Å². The van der Waals surface area contributed by atoms with E-state index in [1.165, 1.54) is 16.9 Å². The lowest BCUT2D eigenvalue weighted by molar-refractivity contribution is 0.0701. The fourth-order valence-corrected chi connectivity index (χ4v) is 3.52. The van der Waals surface area contributed by atoms with Crippen molar-refractivity contribution in [3.63, 3.8) is 0 Å². The Morgan fingerprint density at radius 1 is 1.27 bits per heavy atom. The maximum Gasteiger partial charge on any atom is 0.347 e. The number of thiazole rings is 1. The molecule has 2 rings (SSSR count). The van der Waals surface area contributed by atoms with Gasteiger partial charge in [0, 0.05) is 6.42 Å². The number of aromatic nitrogens is 1. The van der Waals surface area contributed by atoms with Gasteiger partial charge in [0.2, 0.25) is 0 Å². The van der Waals surface area contributed by atoms with Crippen LogP contribution >= 0.6 is 11.3 Å². The number of aryl methyl sites for hydroxylation is 4. The summed E-state index contributed by atoms with van der Waals surface area (Å²) in [5, 5.41) is 9.97. The van der Waals surface area contributed by atoms with Crippen LogP contribution in [0.2, 0.25) is 0 Å². The zero-order chi connectivity index (χ0) is 16.3. The summed E-state index contributed by atoms with van der Waals surface area (Å²) in [6, 6.07) is 4.20. The van der Waals surface area contributed by atoms with Gasteiger partial charge in [0.25, 0.3) is 0 Å². The highest BCUT2D eigenvalue weighted by atomic mass is 32.1. The number of carboxylic acids is 1. The average Bonchev–Trinajstić information content (AvgIpc) is 2.85. The van der Waals surface area contributed by atoms with Crippen molar-refractivity contribution in [3.8, 4) is 5.75 Å². The molecule has 0 aliphatic heterocycles. The van der Waals surface area contributed by atoms with Crippen LogP contribution in [0.25, 0.3) is 0 Å². The van der Waals surface area contributed by atoms with Crippen molar-refractivity contribution in [1.29, 1.82) is 0 Å². The van der Waals surface area contributed by atoms with Crippen molar-refractivity contribution in [1.82, 2.24) is 4.98 Å². The first-order valence-electron chi connectivity index (χ1n) is 7.34. The summed E-state index contributed by atoms with van der Waals surface area (Å²) < 4.78 is 5.89. The number of rotatable bonds is 6. The molecule has 0 spiro atoms. The van der Waals surface area contributed by atoms with E-state index in [2.05, 4.69) is 24.0 Å². The minimum absolute atomic E-state index is 0.347. The molecular weight excluding hydrogens is 298 g/mol. The van der Waals surface area contributed by atoms with E-state index in [0.29, 0.717) is 30.0 Å². The topological polar surface area (TPSA) is 59.4 Å². The number of carbonyl (C=O) groups is 1. The van der Waals surface area contributed by atoms with Crippen LogP contribution in [-0.4, -0.2) is 22.7 Å². The predicted octanol–water partition coefficient (Wildman–Crippen LogP) is 3.95. The van der Waals surface area contributed by atoms with Crippen molar-refractivity contribution >= 4 is 17.3 Å². The number of nitrogens with zero attached hydrogens (tertiary/aromatic N) is 1. The molecule has 0 amide bonds. The van der Waals surface area contributed by atoms with Crippen LogP contribution < -0.4 is 4.74 Å². The summed E-state index contributed by atoms with van der Waals surface area (Å²) in [6.45, 7) is 8.56. The first-order valence-corrected chi connectivity index (χ1v) is 8.16. The van der Waals surface area contributed by atoms with Crippen molar-refractivity contribution in [2.24, 2.45) is 0 Å². The molecule has 0 aliphatic carbocycles. The van der Waals surface area contributed by atoms with E-state index in [4.69, 9.17) is 9.84 Å². The Bertz CT molecular complexity index is 668. The second kappa shape index (κ2) is 6.92. The van der Waals surface area contributed by atoms with Gasteiger partial charge >= 0.3 is 5.97 Å². The molecule has 1 N–H and O–H groups in total. The largest absolute Gasteiger partial charge is 0.493 e. The molecular formula is C17H21NO3S. The molecule has 2 aromatic rings. The zero-order valence-electron chi connectivity index (χ0n) is 13.4. The molecule has 1 aromatic carbocycles. The second-order valence-electron chi connectivity index (χ2n) is 5.37. The molecule has 0 atom stereocenters. The molecule has 1 heterocycles. The molecule has 0 aliphatic rings.